The number of rotatable bonds is 8. The molecule has 2 nitrogen and oxygen atoms in total. The maximum absolute atomic E-state index is 15.0. The summed E-state index contributed by atoms with van der Waals surface area (Å²) < 4.78 is 84.3. The minimum absolute atomic E-state index is 0.0876. The van der Waals surface area contributed by atoms with Gasteiger partial charge in [0.15, 0.2) is 23.2 Å². The van der Waals surface area contributed by atoms with Crippen LogP contribution in [0.3, 0.4) is 0 Å². The van der Waals surface area contributed by atoms with E-state index in [0.29, 0.717) is 18.9 Å². The Morgan fingerprint density at radius 3 is 2.06 bits per heavy atom. The van der Waals surface area contributed by atoms with Crippen molar-refractivity contribution in [2.75, 3.05) is 13.2 Å². The van der Waals surface area contributed by atoms with E-state index < -0.39 is 40.2 Å². The largest absolute Gasteiger partial charge is 0.491 e. The molecule has 0 bridgehead atoms. The average molecular weight is 503 g/mol. The average Bonchev–Trinajstić information content (AvgIpc) is 2.88. The second-order valence-electron chi connectivity index (χ2n) is 8.86. The fourth-order valence-corrected chi connectivity index (χ4v) is 4.52. The molecule has 0 amide bonds. The Labute approximate surface area is 207 Å². The molecule has 1 saturated heterocycles. The van der Waals surface area contributed by atoms with Crippen LogP contribution in [0.2, 0.25) is 0 Å². The van der Waals surface area contributed by atoms with Gasteiger partial charge in [-0.25, -0.2) is 17.6 Å². The Balaban J connectivity index is 1.54. The molecule has 3 aromatic rings. The maximum atomic E-state index is 15.0. The summed E-state index contributed by atoms with van der Waals surface area (Å²) in [5.74, 6) is -6.03. The summed E-state index contributed by atoms with van der Waals surface area (Å²) in [6.07, 6.45) is 5.26. The molecular weight excluding hydrogens is 475 g/mol. The van der Waals surface area contributed by atoms with Crippen LogP contribution in [0, 0.1) is 35.0 Å². The molecule has 1 fully saturated rings. The molecule has 0 radical (unpaired) electrons. The van der Waals surface area contributed by atoms with Crippen molar-refractivity contribution < 1.29 is 31.4 Å². The van der Waals surface area contributed by atoms with Gasteiger partial charge < -0.3 is 9.47 Å². The summed E-state index contributed by atoms with van der Waals surface area (Å²) in [4.78, 5) is 0. The molecule has 0 N–H and O–H groups in total. The van der Waals surface area contributed by atoms with E-state index >= 15 is 0 Å². The Hall–Kier alpha value is -3.19. The van der Waals surface area contributed by atoms with Gasteiger partial charge in [-0.1, -0.05) is 30.3 Å². The molecule has 36 heavy (non-hydrogen) atoms. The van der Waals surface area contributed by atoms with E-state index in [1.807, 2.05) is 0 Å². The lowest BCUT2D eigenvalue weighted by Gasteiger charge is -2.27. The Morgan fingerprint density at radius 2 is 1.47 bits per heavy atom. The lowest BCUT2D eigenvalue weighted by molar-refractivity contribution is 0.00886. The van der Waals surface area contributed by atoms with Crippen LogP contribution in [0.25, 0.3) is 22.3 Å². The van der Waals surface area contributed by atoms with Gasteiger partial charge in [0.05, 0.1) is 19.3 Å². The third-order valence-corrected chi connectivity index (χ3v) is 6.55. The number of benzene rings is 3. The summed E-state index contributed by atoms with van der Waals surface area (Å²) in [7, 11) is 0. The fourth-order valence-electron chi connectivity index (χ4n) is 4.52. The molecule has 190 valence electrons. The van der Waals surface area contributed by atoms with Gasteiger partial charge in [0, 0.05) is 22.3 Å². The van der Waals surface area contributed by atoms with Gasteiger partial charge in [0.25, 0.3) is 0 Å². The lowest BCUT2D eigenvalue weighted by Crippen LogP contribution is -2.24. The first-order valence-electron chi connectivity index (χ1n) is 12.0. The smallest absolute Gasteiger partial charge is 0.201 e. The predicted molar refractivity (Wildman–Crippen MR) is 129 cm³/mol. The van der Waals surface area contributed by atoms with Crippen molar-refractivity contribution in [3.63, 3.8) is 0 Å². The zero-order valence-corrected chi connectivity index (χ0v) is 19.9. The van der Waals surface area contributed by atoms with Gasteiger partial charge >= 0.3 is 0 Å². The van der Waals surface area contributed by atoms with Gasteiger partial charge in [-0.2, -0.15) is 4.39 Å². The minimum atomic E-state index is -1.39. The minimum Gasteiger partial charge on any atom is -0.491 e. The van der Waals surface area contributed by atoms with Crippen molar-refractivity contribution in [1.82, 2.24) is 0 Å². The Kier molecular flexibility index (Phi) is 8.09. The first-order valence-corrected chi connectivity index (χ1v) is 12.0. The highest BCUT2D eigenvalue weighted by Crippen LogP contribution is 2.36. The number of hydrogen-bond acceptors (Lipinski definition) is 2. The van der Waals surface area contributed by atoms with Crippen LogP contribution >= 0.6 is 0 Å². The monoisotopic (exact) mass is 502 g/mol. The van der Waals surface area contributed by atoms with Crippen molar-refractivity contribution in [2.24, 2.45) is 5.92 Å². The van der Waals surface area contributed by atoms with Crippen molar-refractivity contribution >= 4 is 0 Å². The normalized spacial score (nSPS) is 17.7. The van der Waals surface area contributed by atoms with Gasteiger partial charge in [-0.15, -0.1) is 6.58 Å². The molecule has 1 aliphatic heterocycles. The van der Waals surface area contributed by atoms with E-state index in [1.165, 1.54) is 12.1 Å². The van der Waals surface area contributed by atoms with Crippen LogP contribution in [0.15, 0.2) is 55.1 Å². The molecule has 0 spiro atoms. The van der Waals surface area contributed by atoms with E-state index in [9.17, 15) is 22.0 Å². The quantitative estimate of drug-likeness (QED) is 0.229. The Morgan fingerprint density at radius 1 is 0.861 bits per heavy atom. The first-order chi connectivity index (χ1) is 17.3. The highest BCUT2D eigenvalue weighted by Gasteiger charge is 2.23. The van der Waals surface area contributed by atoms with E-state index in [1.54, 1.807) is 19.1 Å². The van der Waals surface area contributed by atoms with Crippen molar-refractivity contribution in [2.45, 2.75) is 38.7 Å². The first kappa shape index (κ1) is 25.9. The molecule has 1 aliphatic rings. The zero-order chi connectivity index (χ0) is 25.8. The summed E-state index contributed by atoms with van der Waals surface area (Å²) in [5.41, 5.74) is -0.605. The summed E-state index contributed by atoms with van der Waals surface area (Å²) in [5, 5.41) is 0. The number of aryl methyl sites for hydroxylation is 1. The molecule has 2 atom stereocenters. The van der Waals surface area contributed by atoms with E-state index in [2.05, 4.69) is 6.58 Å². The molecule has 3 aromatic carbocycles. The Bertz CT molecular complexity index is 1250. The molecule has 7 heteroatoms. The van der Waals surface area contributed by atoms with Gasteiger partial charge in [-0.05, 0) is 62.3 Å². The SMILES string of the molecule is C=CC1CCC(CCc2ccc(-c3ccc(-c4ccc(OCC)c(F)c4F)c(F)c3F)c(F)c2)CO1. The number of halogens is 5. The van der Waals surface area contributed by atoms with Crippen molar-refractivity contribution in [1.29, 1.82) is 0 Å². The van der Waals surface area contributed by atoms with E-state index in [-0.39, 0.29) is 29.6 Å². The maximum Gasteiger partial charge on any atom is 0.201 e. The second-order valence-corrected chi connectivity index (χ2v) is 8.86. The summed E-state index contributed by atoms with van der Waals surface area (Å²) >= 11 is 0. The highest BCUT2D eigenvalue weighted by atomic mass is 19.2. The lowest BCUT2D eigenvalue weighted by atomic mass is 9.91. The van der Waals surface area contributed by atoms with Crippen LogP contribution in [0.5, 0.6) is 5.75 Å². The molecule has 0 saturated carbocycles. The topological polar surface area (TPSA) is 18.5 Å². The zero-order valence-electron chi connectivity index (χ0n) is 19.9. The summed E-state index contributed by atoms with van der Waals surface area (Å²) in [6.45, 7) is 6.09. The molecule has 4 rings (SSSR count). The van der Waals surface area contributed by atoms with Crippen LogP contribution in [-0.2, 0) is 11.2 Å². The van der Waals surface area contributed by atoms with Crippen LogP contribution < -0.4 is 4.74 Å². The third kappa shape index (κ3) is 5.31. The molecule has 1 heterocycles. The van der Waals surface area contributed by atoms with Gasteiger partial charge in [0.2, 0.25) is 5.82 Å². The van der Waals surface area contributed by atoms with Crippen molar-refractivity contribution in [3.05, 3.63) is 89.8 Å². The molecule has 0 aliphatic carbocycles. The second kappa shape index (κ2) is 11.2. The van der Waals surface area contributed by atoms with Crippen LogP contribution in [-0.4, -0.2) is 19.3 Å². The number of ether oxygens (including phenoxy) is 2. The van der Waals surface area contributed by atoms with E-state index in [4.69, 9.17) is 9.47 Å². The highest BCUT2D eigenvalue weighted by molar-refractivity contribution is 5.73. The van der Waals surface area contributed by atoms with Crippen LogP contribution in [0.1, 0.15) is 31.7 Å². The summed E-state index contributed by atoms with van der Waals surface area (Å²) in [6, 6.07) is 8.95. The van der Waals surface area contributed by atoms with Gasteiger partial charge in [-0.3, -0.25) is 0 Å². The fraction of sp³-hybridized carbons (Fsp3) is 0.310. The number of hydrogen-bond donors (Lipinski definition) is 0. The standard InChI is InChI=1S/C29H27F5O2/c1-3-19-9-7-18(16-36-19)6-5-17-8-10-20(24(30)15-17)21-11-12-22(27(32)26(21)31)23-13-14-25(35-4-2)29(34)28(23)33/h3,8,10-15,18-19H,1,4-7,9,16H2,2H3. The molecule has 2 unspecified atom stereocenters. The molecule has 0 aromatic heterocycles. The van der Waals surface area contributed by atoms with Gasteiger partial charge in [0.1, 0.15) is 5.82 Å². The molecular formula is C29H27F5O2. The van der Waals surface area contributed by atoms with E-state index in [0.717, 1.165) is 49.1 Å². The van der Waals surface area contributed by atoms with Crippen molar-refractivity contribution in [3.8, 4) is 28.0 Å². The van der Waals surface area contributed by atoms with Crippen LogP contribution in [0.4, 0.5) is 22.0 Å². The third-order valence-electron chi connectivity index (χ3n) is 6.55. The predicted octanol–water partition coefficient (Wildman–Crippen LogP) is 8.03.